The smallest absolute Gasteiger partial charge is 0.213 e. The van der Waals surface area contributed by atoms with Gasteiger partial charge in [-0.05, 0) is 82.7 Å². The standard InChI is InChI=1S/C26H36N2O4/c1-6-7-14-30-24-17-20(2)26(21(3)18-24)32-16-11-9-8-10-15-31-25-13-12-23(19-27-25)22(4)28-29-5/h6-7,12-13,17-19H,8-11,14-16H2,1-5H3/b7-6+,28-22+. The number of rotatable bonds is 14. The molecule has 0 amide bonds. The summed E-state index contributed by atoms with van der Waals surface area (Å²) in [5.41, 5.74) is 3.92. The number of aryl methyl sites for hydroxylation is 2. The monoisotopic (exact) mass is 440 g/mol. The van der Waals surface area contributed by atoms with Gasteiger partial charge in [0.05, 0.1) is 18.9 Å². The highest BCUT2D eigenvalue weighted by Crippen LogP contribution is 2.28. The molecule has 0 spiro atoms. The highest BCUT2D eigenvalue weighted by atomic mass is 16.6. The second-order valence-corrected chi connectivity index (χ2v) is 7.62. The summed E-state index contributed by atoms with van der Waals surface area (Å²) in [5.74, 6) is 2.48. The van der Waals surface area contributed by atoms with Crippen molar-refractivity contribution < 1.29 is 19.0 Å². The molecule has 0 aliphatic carbocycles. The Labute approximate surface area is 192 Å². The Morgan fingerprint density at radius 2 is 1.66 bits per heavy atom. The maximum atomic E-state index is 6.04. The highest BCUT2D eigenvalue weighted by molar-refractivity contribution is 5.98. The van der Waals surface area contributed by atoms with Crippen LogP contribution in [-0.4, -0.2) is 37.6 Å². The molecule has 0 aliphatic heterocycles. The maximum Gasteiger partial charge on any atom is 0.213 e. The zero-order valence-corrected chi connectivity index (χ0v) is 20.0. The van der Waals surface area contributed by atoms with Crippen molar-refractivity contribution in [3.05, 3.63) is 59.3 Å². The average molecular weight is 441 g/mol. The molecule has 0 unspecified atom stereocenters. The summed E-state index contributed by atoms with van der Waals surface area (Å²) < 4.78 is 17.5. The van der Waals surface area contributed by atoms with E-state index in [1.165, 1.54) is 7.11 Å². The van der Waals surface area contributed by atoms with Gasteiger partial charge in [-0.1, -0.05) is 17.3 Å². The van der Waals surface area contributed by atoms with Crippen molar-refractivity contribution in [1.82, 2.24) is 4.98 Å². The minimum Gasteiger partial charge on any atom is -0.493 e. The SMILES string of the molecule is C/C=C/COc1cc(C)c(OCCCCCCOc2ccc(/C(C)=N/OC)cn2)c(C)c1. The number of oxime groups is 1. The second kappa shape index (κ2) is 14.1. The van der Waals surface area contributed by atoms with E-state index < -0.39 is 0 Å². The lowest BCUT2D eigenvalue weighted by molar-refractivity contribution is 0.213. The normalized spacial score (nSPS) is 11.6. The first-order valence-electron chi connectivity index (χ1n) is 11.2. The Hall–Kier alpha value is -3.02. The van der Waals surface area contributed by atoms with Gasteiger partial charge in [0.1, 0.15) is 25.2 Å². The molecule has 6 nitrogen and oxygen atoms in total. The summed E-state index contributed by atoms with van der Waals surface area (Å²) in [5, 5.41) is 3.90. The zero-order chi connectivity index (χ0) is 23.2. The summed E-state index contributed by atoms with van der Waals surface area (Å²) in [6.07, 6.45) is 9.93. The Bertz CT molecular complexity index is 853. The molecule has 0 bridgehead atoms. The molecule has 2 aromatic rings. The molecule has 0 saturated carbocycles. The van der Waals surface area contributed by atoms with Gasteiger partial charge < -0.3 is 19.0 Å². The quantitative estimate of drug-likeness (QED) is 0.155. The molecule has 2 rings (SSSR count). The van der Waals surface area contributed by atoms with Gasteiger partial charge in [-0.2, -0.15) is 0 Å². The van der Waals surface area contributed by atoms with Crippen molar-refractivity contribution >= 4 is 5.71 Å². The van der Waals surface area contributed by atoms with Gasteiger partial charge in [-0.3, -0.25) is 0 Å². The number of aromatic nitrogens is 1. The van der Waals surface area contributed by atoms with Crippen molar-refractivity contribution in [3.63, 3.8) is 0 Å². The Morgan fingerprint density at radius 3 is 2.25 bits per heavy atom. The summed E-state index contributed by atoms with van der Waals surface area (Å²) in [7, 11) is 1.53. The zero-order valence-electron chi connectivity index (χ0n) is 20.0. The third kappa shape index (κ3) is 8.61. The minimum atomic E-state index is 0.587. The van der Waals surface area contributed by atoms with Gasteiger partial charge in [0, 0.05) is 17.8 Å². The van der Waals surface area contributed by atoms with Crippen molar-refractivity contribution in [2.75, 3.05) is 26.9 Å². The van der Waals surface area contributed by atoms with Gasteiger partial charge in [-0.15, -0.1) is 0 Å². The van der Waals surface area contributed by atoms with E-state index in [0.717, 1.165) is 59.6 Å². The van der Waals surface area contributed by atoms with Crippen molar-refractivity contribution in [1.29, 1.82) is 0 Å². The molecule has 0 radical (unpaired) electrons. The van der Waals surface area contributed by atoms with Crippen LogP contribution in [0.1, 0.15) is 56.2 Å². The summed E-state index contributed by atoms with van der Waals surface area (Å²) >= 11 is 0. The van der Waals surface area contributed by atoms with Crippen molar-refractivity contribution in [3.8, 4) is 17.4 Å². The molecule has 1 aromatic carbocycles. The van der Waals surface area contributed by atoms with Crippen LogP contribution in [0.4, 0.5) is 0 Å². The van der Waals surface area contributed by atoms with Crippen LogP contribution in [0.15, 0.2) is 47.8 Å². The molecule has 32 heavy (non-hydrogen) atoms. The van der Waals surface area contributed by atoms with Gasteiger partial charge >= 0.3 is 0 Å². The van der Waals surface area contributed by atoms with Crippen LogP contribution in [0.5, 0.6) is 17.4 Å². The summed E-state index contributed by atoms with van der Waals surface area (Å²) in [6.45, 7) is 9.95. The fourth-order valence-corrected chi connectivity index (χ4v) is 3.24. The Balaban J connectivity index is 1.62. The number of allylic oxidation sites excluding steroid dienone is 1. The van der Waals surface area contributed by atoms with Gasteiger partial charge in [0.25, 0.3) is 0 Å². The number of pyridine rings is 1. The van der Waals surface area contributed by atoms with Crippen LogP contribution in [0.25, 0.3) is 0 Å². The van der Waals surface area contributed by atoms with E-state index in [0.29, 0.717) is 25.7 Å². The largest absolute Gasteiger partial charge is 0.493 e. The lowest BCUT2D eigenvalue weighted by Crippen LogP contribution is -2.03. The van der Waals surface area contributed by atoms with Gasteiger partial charge in [0.2, 0.25) is 5.88 Å². The van der Waals surface area contributed by atoms with Crippen molar-refractivity contribution in [2.24, 2.45) is 5.16 Å². The summed E-state index contributed by atoms with van der Waals surface area (Å²) in [4.78, 5) is 9.09. The van der Waals surface area contributed by atoms with Crippen LogP contribution in [0.3, 0.4) is 0 Å². The number of nitrogens with zero attached hydrogens (tertiary/aromatic N) is 2. The number of unbranched alkanes of at least 4 members (excludes halogenated alkanes) is 3. The molecule has 0 N–H and O–H groups in total. The van der Waals surface area contributed by atoms with Gasteiger partial charge in [-0.25, -0.2) is 4.98 Å². The third-order valence-corrected chi connectivity index (χ3v) is 4.93. The van der Waals surface area contributed by atoms with Crippen LogP contribution in [0.2, 0.25) is 0 Å². The number of benzene rings is 1. The van der Waals surface area contributed by atoms with Crippen LogP contribution >= 0.6 is 0 Å². The Morgan fingerprint density at radius 1 is 0.969 bits per heavy atom. The van der Waals surface area contributed by atoms with Crippen LogP contribution < -0.4 is 14.2 Å². The van der Waals surface area contributed by atoms with E-state index in [-0.39, 0.29) is 0 Å². The number of hydrogen-bond acceptors (Lipinski definition) is 6. The van der Waals surface area contributed by atoms with Crippen LogP contribution in [-0.2, 0) is 4.84 Å². The molecule has 6 heteroatoms. The molecule has 174 valence electrons. The average Bonchev–Trinajstić information content (AvgIpc) is 2.78. The second-order valence-electron chi connectivity index (χ2n) is 7.62. The molecule has 0 atom stereocenters. The molecular formula is C26H36N2O4. The molecule has 0 aliphatic rings. The Kier molecular flexibility index (Phi) is 11.1. The molecule has 1 aromatic heterocycles. The van der Waals surface area contributed by atoms with E-state index in [1.54, 1.807) is 6.20 Å². The number of hydrogen-bond donors (Lipinski definition) is 0. The van der Waals surface area contributed by atoms with Crippen molar-refractivity contribution in [2.45, 2.75) is 53.4 Å². The topological polar surface area (TPSA) is 62.2 Å². The molecule has 0 fully saturated rings. The lowest BCUT2D eigenvalue weighted by atomic mass is 10.1. The third-order valence-electron chi connectivity index (χ3n) is 4.93. The first-order valence-corrected chi connectivity index (χ1v) is 11.2. The summed E-state index contributed by atoms with van der Waals surface area (Å²) in [6, 6.07) is 7.87. The highest BCUT2D eigenvalue weighted by Gasteiger charge is 2.07. The van der Waals surface area contributed by atoms with Crippen LogP contribution in [0, 0.1) is 13.8 Å². The first-order chi connectivity index (χ1) is 15.5. The van der Waals surface area contributed by atoms with E-state index in [2.05, 4.69) is 24.0 Å². The van der Waals surface area contributed by atoms with E-state index in [9.17, 15) is 0 Å². The first kappa shape index (κ1) is 25.2. The van der Waals surface area contributed by atoms with E-state index in [1.807, 2.05) is 50.3 Å². The number of ether oxygens (including phenoxy) is 3. The fraction of sp³-hybridized carbons (Fsp3) is 0.462. The van der Waals surface area contributed by atoms with E-state index in [4.69, 9.17) is 19.0 Å². The molecule has 0 saturated heterocycles. The van der Waals surface area contributed by atoms with Gasteiger partial charge in [0.15, 0.2) is 0 Å². The fourth-order valence-electron chi connectivity index (χ4n) is 3.24. The minimum absolute atomic E-state index is 0.587. The predicted octanol–water partition coefficient (Wildman–Crippen LogP) is 6.04. The molecular weight excluding hydrogens is 404 g/mol. The predicted molar refractivity (Wildman–Crippen MR) is 129 cm³/mol. The molecule has 1 heterocycles. The van der Waals surface area contributed by atoms with E-state index >= 15 is 0 Å². The lowest BCUT2D eigenvalue weighted by Gasteiger charge is -2.14. The maximum absolute atomic E-state index is 6.04.